The van der Waals surface area contributed by atoms with Crippen LogP contribution in [-0.2, 0) is 12.7 Å². The van der Waals surface area contributed by atoms with E-state index in [1.807, 2.05) is 4.98 Å². The first kappa shape index (κ1) is 21.0. The van der Waals surface area contributed by atoms with Gasteiger partial charge in [-0.05, 0) is 36.8 Å². The van der Waals surface area contributed by atoms with Crippen molar-refractivity contribution in [1.29, 1.82) is 0 Å². The van der Waals surface area contributed by atoms with Crippen molar-refractivity contribution < 1.29 is 22.7 Å². The standard InChI is InChI=1S/C20H15F4N3O3/c1-11(25-10-12-6-8-13(21)9-7-12)16-17(28)26-19(30)27(18(16)29)15-5-3-2-4-14(15)20(22,23)24/h2-9,29H,10H2,1H3,(H,26,28,30). The van der Waals surface area contributed by atoms with Crippen LogP contribution < -0.4 is 11.2 Å². The van der Waals surface area contributed by atoms with E-state index < -0.39 is 45.9 Å². The SMILES string of the molecule is CC(=NCc1ccc(F)cc1)c1c(O)n(-c2ccccc2C(F)(F)F)c(=O)[nH]c1=O. The molecule has 30 heavy (non-hydrogen) atoms. The molecule has 2 aromatic carbocycles. The fourth-order valence-electron chi connectivity index (χ4n) is 2.86. The lowest BCUT2D eigenvalue weighted by Crippen LogP contribution is -2.33. The summed E-state index contributed by atoms with van der Waals surface area (Å²) in [6.07, 6.45) is -4.80. The molecule has 0 bridgehead atoms. The number of nitrogens with one attached hydrogen (secondary N) is 1. The van der Waals surface area contributed by atoms with Gasteiger partial charge in [-0.2, -0.15) is 13.2 Å². The highest BCUT2D eigenvalue weighted by Gasteiger charge is 2.35. The fourth-order valence-corrected chi connectivity index (χ4v) is 2.86. The second-order valence-corrected chi connectivity index (χ2v) is 6.34. The molecule has 2 N–H and O–H groups in total. The molecule has 0 amide bonds. The van der Waals surface area contributed by atoms with E-state index in [-0.39, 0.29) is 12.3 Å². The molecule has 156 valence electrons. The van der Waals surface area contributed by atoms with E-state index in [0.717, 1.165) is 18.2 Å². The number of benzene rings is 2. The molecule has 1 heterocycles. The molecule has 0 spiro atoms. The first-order valence-electron chi connectivity index (χ1n) is 8.60. The van der Waals surface area contributed by atoms with Crippen LogP contribution in [0.1, 0.15) is 23.6 Å². The Morgan fingerprint density at radius 2 is 1.73 bits per heavy atom. The topological polar surface area (TPSA) is 87.4 Å². The van der Waals surface area contributed by atoms with E-state index in [1.165, 1.54) is 37.3 Å². The van der Waals surface area contributed by atoms with Gasteiger partial charge in [0, 0.05) is 0 Å². The molecule has 0 fully saturated rings. The molecule has 0 saturated heterocycles. The number of aromatic amines is 1. The van der Waals surface area contributed by atoms with E-state index in [2.05, 4.69) is 4.99 Å². The molecular weight excluding hydrogens is 406 g/mol. The first-order valence-corrected chi connectivity index (χ1v) is 8.60. The number of hydrogen-bond acceptors (Lipinski definition) is 4. The lowest BCUT2D eigenvalue weighted by Gasteiger charge is -2.16. The van der Waals surface area contributed by atoms with Crippen molar-refractivity contribution in [2.75, 3.05) is 0 Å². The average molecular weight is 421 g/mol. The molecule has 0 saturated carbocycles. The highest BCUT2D eigenvalue weighted by atomic mass is 19.4. The van der Waals surface area contributed by atoms with Gasteiger partial charge in [0.25, 0.3) is 5.56 Å². The van der Waals surface area contributed by atoms with E-state index in [9.17, 15) is 32.3 Å². The Labute approximate surface area is 166 Å². The Morgan fingerprint density at radius 3 is 2.37 bits per heavy atom. The lowest BCUT2D eigenvalue weighted by atomic mass is 10.1. The summed E-state index contributed by atoms with van der Waals surface area (Å²) in [4.78, 5) is 30.5. The number of aromatic hydroxyl groups is 1. The Hall–Kier alpha value is -3.69. The van der Waals surface area contributed by atoms with Crippen LogP contribution in [-0.4, -0.2) is 20.4 Å². The number of hydrogen-bond donors (Lipinski definition) is 2. The van der Waals surface area contributed by atoms with Crippen molar-refractivity contribution in [1.82, 2.24) is 9.55 Å². The summed E-state index contributed by atoms with van der Waals surface area (Å²) in [5, 5.41) is 10.5. The largest absolute Gasteiger partial charge is 0.493 e. The second kappa shape index (κ2) is 7.97. The highest BCUT2D eigenvalue weighted by molar-refractivity contribution is 6.00. The van der Waals surface area contributed by atoms with Crippen molar-refractivity contribution in [3.05, 3.63) is 91.9 Å². The zero-order valence-corrected chi connectivity index (χ0v) is 15.5. The number of halogens is 4. The van der Waals surface area contributed by atoms with E-state index in [4.69, 9.17) is 0 Å². The van der Waals surface area contributed by atoms with Gasteiger partial charge in [-0.3, -0.25) is 14.8 Å². The third kappa shape index (κ3) is 4.17. The van der Waals surface area contributed by atoms with Gasteiger partial charge in [0.15, 0.2) is 0 Å². The molecule has 1 aromatic heterocycles. The van der Waals surface area contributed by atoms with E-state index in [0.29, 0.717) is 10.1 Å². The van der Waals surface area contributed by atoms with Crippen LogP contribution in [0.3, 0.4) is 0 Å². The molecule has 0 aliphatic carbocycles. The Balaban J connectivity index is 2.13. The summed E-state index contributed by atoms with van der Waals surface area (Å²) >= 11 is 0. The molecule has 0 unspecified atom stereocenters. The monoisotopic (exact) mass is 421 g/mol. The Kier molecular flexibility index (Phi) is 5.59. The van der Waals surface area contributed by atoms with Gasteiger partial charge in [-0.25, -0.2) is 13.8 Å². The number of aromatic nitrogens is 2. The molecule has 6 nitrogen and oxygen atoms in total. The summed E-state index contributed by atoms with van der Waals surface area (Å²) < 4.78 is 53.4. The smallest absolute Gasteiger partial charge is 0.418 e. The average Bonchev–Trinajstić information content (AvgIpc) is 2.67. The summed E-state index contributed by atoms with van der Waals surface area (Å²) in [6.45, 7) is 1.38. The van der Waals surface area contributed by atoms with E-state index in [1.54, 1.807) is 0 Å². The maximum Gasteiger partial charge on any atom is 0.418 e. The Morgan fingerprint density at radius 1 is 1.10 bits per heavy atom. The van der Waals surface area contributed by atoms with Crippen LogP contribution in [0, 0.1) is 5.82 Å². The van der Waals surface area contributed by atoms with Gasteiger partial charge in [0.1, 0.15) is 11.4 Å². The van der Waals surface area contributed by atoms with Gasteiger partial charge in [-0.15, -0.1) is 0 Å². The van der Waals surface area contributed by atoms with Crippen molar-refractivity contribution in [3.8, 4) is 11.6 Å². The van der Waals surface area contributed by atoms with Crippen molar-refractivity contribution >= 4 is 5.71 Å². The molecule has 0 atom stereocenters. The van der Waals surface area contributed by atoms with Crippen LogP contribution in [0.25, 0.3) is 5.69 Å². The summed E-state index contributed by atoms with van der Waals surface area (Å²) in [6, 6.07) is 9.52. The molecule has 0 radical (unpaired) electrons. The van der Waals surface area contributed by atoms with Crippen LogP contribution in [0.2, 0.25) is 0 Å². The molecule has 10 heteroatoms. The zero-order valence-electron chi connectivity index (χ0n) is 15.5. The maximum atomic E-state index is 13.4. The number of alkyl halides is 3. The van der Waals surface area contributed by atoms with Gasteiger partial charge < -0.3 is 5.11 Å². The van der Waals surface area contributed by atoms with Crippen LogP contribution in [0.5, 0.6) is 5.88 Å². The lowest BCUT2D eigenvalue weighted by molar-refractivity contribution is -0.137. The normalized spacial score (nSPS) is 12.2. The molecule has 0 aliphatic rings. The van der Waals surface area contributed by atoms with Crippen LogP contribution in [0.15, 0.2) is 63.1 Å². The zero-order chi connectivity index (χ0) is 22.1. The van der Waals surface area contributed by atoms with Gasteiger partial charge in [-0.1, -0.05) is 24.3 Å². The number of rotatable bonds is 4. The predicted octanol–water partition coefficient (Wildman–Crippen LogP) is 3.40. The van der Waals surface area contributed by atoms with Gasteiger partial charge in [0.2, 0.25) is 5.88 Å². The molecule has 3 rings (SSSR count). The number of para-hydroxylation sites is 1. The summed E-state index contributed by atoms with van der Waals surface area (Å²) in [5.41, 5.74) is -3.91. The van der Waals surface area contributed by atoms with Crippen molar-refractivity contribution in [2.45, 2.75) is 19.6 Å². The number of aliphatic imine (C=N–C) groups is 1. The minimum absolute atomic E-state index is 0.0171. The molecular formula is C20H15F4N3O3. The van der Waals surface area contributed by atoms with Gasteiger partial charge >= 0.3 is 11.9 Å². The van der Waals surface area contributed by atoms with E-state index >= 15 is 0 Å². The fraction of sp³-hybridized carbons (Fsp3) is 0.150. The highest BCUT2D eigenvalue weighted by Crippen LogP contribution is 2.34. The predicted molar refractivity (Wildman–Crippen MR) is 102 cm³/mol. The molecule has 0 aliphatic heterocycles. The minimum Gasteiger partial charge on any atom is -0.493 e. The first-order chi connectivity index (χ1) is 14.1. The van der Waals surface area contributed by atoms with Crippen LogP contribution in [0.4, 0.5) is 17.6 Å². The molecule has 3 aromatic rings. The quantitative estimate of drug-likeness (QED) is 0.500. The summed E-state index contributed by atoms with van der Waals surface area (Å²) in [5.74, 6) is -1.41. The van der Waals surface area contributed by atoms with Crippen LogP contribution >= 0.6 is 0 Å². The third-order valence-electron chi connectivity index (χ3n) is 4.31. The van der Waals surface area contributed by atoms with Crippen molar-refractivity contribution in [3.63, 3.8) is 0 Å². The Bertz CT molecular complexity index is 1230. The maximum absolute atomic E-state index is 13.4. The summed E-state index contributed by atoms with van der Waals surface area (Å²) in [7, 11) is 0. The minimum atomic E-state index is -4.80. The number of H-pyrrole nitrogens is 1. The third-order valence-corrected chi connectivity index (χ3v) is 4.31. The second-order valence-electron chi connectivity index (χ2n) is 6.34. The van der Waals surface area contributed by atoms with Gasteiger partial charge in [0.05, 0.1) is 23.5 Å². The number of nitrogens with zero attached hydrogens (tertiary/aromatic N) is 2. The van der Waals surface area contributed by atoms with Crippen molar-refractivity contribution in [2.24, 2.45) is 4.99 Å².